The van der Waals surface area contributed by atoms with Crippen molar-refractivity contribution in [1.29, 1.82) is 0 Å². The van der Waals surface area contributed by atoms with Crippen LogP contribution < -0.4 is 4.90 Å². The summed E-state index contributed by atoms with van der Waals surface area (Å²) in [7, 11) is 1.93. The first-order valence-electron chi connectivity index (χ1n) is 12.2. The van der Waals surface area contributed by atoms with Gasteiger partial charge in [-0.05, 0) is 24.0 Å². The molecular formula is C29H29N5O2. The monoisotopic (exact) mass is 479 g/mol. The molecule has 0 unspecified atom stereocenters. The molecule has 0 aliphatic carbocycles. The summed E-state index contributed by atoms with van der Waals surface area (Å²) >= 11 is 0. The van der Waals surface area contributed by atoms with Crippen molar-refractivity contribution in [3.05, 3.63) is 83.3 Å². The third-order valence-corrected chi connectivity index (χ3v) is 6.47. The number of nitrogens with zero attached hydrogens (tertiary/aromatic N) is 5. The predicted octanol–water partition coefficient (Wildman–Crippen LogP) is 4.89. The van der Waals surface area contributed by atoms with Crippen LogP contribution in [0.3, 0.4) is 0 Å². The van der Waals surface area contributed by atoms with Crippen LogP contribution in [0.5, 0.6) is 0 Å². The zero-order valence-electron chi connectivity index (χ0n) is 21.0. The Morgan fingerprint density at radius 3 is 2.53 bits per heavy atom. The molecule has 36 heavy (non-hydrogen) atoms. The van der Waals surface area contributed by atoms with Crippen molar-refractivity contribution in [2.45, 2.75) is 46.1 Å². The van der Waals surface area contributed by atoms with E-state index in [1.165, 1.54) is 5.56 Å². The van der Waals surface area contributed by atoms with Gasteiger partial charge >= 0.3 is 0 Å². The number of anilines is 1. The normalized spacial score (nSPS) is 12.9. The number of amides is 1. The minimum atomic E-state index is 0.0237. The van der Waals surface area contributed by atoms with E-state index in [2.05, 4.69) is 29.9 Å². The van der Waals surface area contributed by atoms with E-state index in [9.17, 15) is 9.59 Å². The Kier molecular flexibility index (Phi) is 6.22. The molecular weight excluding hydrogens is 450 g/mol. The van der Waals surface area contributed by atoms with Crippen molar-refractivity contribution >= 4 is 17.5 Å². The van der Waals surface area contributed by atoms with Crippen LogP contribution in [0.2, 0.25) is 0 Å². The summed E-state index contributed by atoms with van der Waals surface area (Å²) in [6.45, 7) is 6.31. The Balaban J connectivity index is 1.40. The molecule has 3 heterocycles. The lowest BCUT2D eigenvalue weighted by atomic mass is 9.97. The van der Waals surface area contributed by atoms with Gasteiger partial charge in [0.25, 0.3) is 0 Å². The van der Waals surface area contributed by atoms with Gasteiger partial charge in [0.05, 0.1) is 18.7 Å². The van der Waals surface area contributed by atoms with E-state index in [-0.39, 0.29) is 11.7 Å². The van der Waals surface area contributed by atoms with Gasteiger partial charge in [-0.25, -0.2) is 15.0 Å². The lowest BCUT2D eigenvalue weighted by Crippen LogP contribution is -2.26. The van der Waals surface area contributed by atoms with Crippen molar-refractivity contribution in [3.63, 3.8) is 0 Å². The van der Waals surface area contributed by atoms with Crippen molar-refractivity contribution in [3.8, 4) is 22.8 Å². The van der Waals surface area contributed by atoms with Gasteiger partial charge in [-0.1, -0.05) is 62.4 Å². The maximum Gasteiger partial charge on any atom is 0.233 e. The van der Waals surface area contributed by atoms with Crippen LogP contribution in [0.4, 0.5) is 5.82 Å². The van der Waals surface area contributed by atoms with Gasteiger partial charge in [0.1, 0.15) is 17.4 Å². The molecule has 0 radical (unpaired) electrons. The summed E-state index contributed by atoms with van der Waals surface area (Å²) in [6, 6.07) is 16.2. The average Bonchev–Trinajstić information content (AvgIpc) is 3.37. The lowest BCUT2D eigenvalue weighted by molar-refractivity contribution is -0.118. The molecule has 0 atom stereocenters. The van der Waals surface area contributed by atoms with Crippen molar-refractivity contribution < 1.29 is 9.59 Å². The Morgan fingerprint density at radius 2 is 1.81 bits per heavy atom. The smallest absolute Gasteiger partial charge is 0.233 e. The van der Waals surface area contributed by atoms with E-state index in [1.54, 1.807) is 18.0 Å². The molecule has 5 rings (SSSR count). The summed E-state index contributed by atoms with van der Waals surface area (Å²) in [4.78, 5) is 40.2. The van der Waals surface area contributed by atoms with Crippen LogP contribution in [-0.4, -0.2) is 31.2 Å². The topological polar surface area (TPSA) is 81.0 Å². The van der Waals surface area contributed by atoms with E-state index in [1.807, 2.05) is 60.3 Å². The molecule has 0 saturated carbocycles. The molecule has 0 spiro atoms. The molecule has 1 aliphatic rings. The highest BCUT2D eigenvalue weighted by Gasteiger charge is 2.30. The first-order chi connectivity index (χ1) is 17.3. The molecule has 0 fully saturated rings. The number of carbonyl (C=O) groups is 2. The fourth-order valence-electron chi connectivity index (χ4n) is 4.71. The van der Waals surface area contributed by atoms with Crippen LogP contribution in [0, 0.1) is 0 Å². The molecule has 7 heteroatoms. The zero-order chi connectivity index (χ0) is 25.4. The van der Waals surface area contributed by atoms with Gasteiger partial charge in [0, 0.05) is 42.6 Å². The van der Waals surface area contributed by atoms with E-state index in [0.717, 1.165) is 33.8 Å². The molecule has 0 bridgehead atoms. The second-order valence-corrected chi connectivity index (χ2v) is 9.68. The van der Waals surface area contributed by atoms with E-state index in [4.69, 9.17) is 4.98 Å². The molecule has 0 N–H and O–H groups in total. The Bertz CT molecular complexity index is 1450. The number of aryl methyl sites for hydroxylation is 1. The SMILES string of the molecule is CC(=O)Cc1cn(C)c(-c2ccc(CN3C(=O)Cc4cnc(-c5ccccc5C(C)C)nc43)cc2)n1. The first kappa shape index (κ1) is 23.6. The molecule has 7 nitrogen and oxygen atoms in total. The fraction of sp³-hybridized carbons (Fsp3) is 0.276. The Hall–Kier alpha value is -4.13. The van der Waals surface area contributed by atoms with Crippen LogP contribution >= 0.6 is 0 Å². The van der Waals surface area contributed by atoms with Gasteiger partial charge in [0.2, 0.25) is 5.91 Å². The Labute approximate surface area is 210 Å². The maximum atomic E-state index is 12.9. The summed E-state index contributed by atoms with van der Waals surface area (Å²) < 4.78 is 1.93. The highest BCUT2D eigenvalue weighted by atomic mass is 16.2. The zero-order valence-corrected chi connectivity index (χ0v) is 21.0. The maximum absolute atomic E-state index is 12.9. The summed E-state index contributed by atoms with van der Waals surface area (Å²) in [5.41, 5.74) is 5.76. The minimum Gasteiger partial charge on any atom is -0.334 e. The number of carbonyl (C=O) groups excluding carboxylic acids is 2. The summed E-state index contributed by atoms with van der Waals surface area (Å²) in [5.74, 6) is 2.59. The predicted molar refractivity (Wildman–Crippen MR) is 139 cm³/mol. The quantitative estimate of drug-likeness (QED) is 0.377. The molecule has 1 amide bonds. The largest absolute Gasteiger partial charge is 0.334 e. The second kappa shape index (κ2) is 9.49. The lowest BCUT2D eigenvalue weighted by Gasteiger charge is -2.18. The number of hydrogen-bond donors (Lipinski definition) is 0. The number of Topliss-reactive ketones (excluding diaryl/α,β-unsaturated/α-hetero) is 1. The summed E-state index contributed by atoms with van der Waals surface area (Å²) in [5, 5.41) is 0. The molecule has 1 aliphatic heterocycles. The van der Waals surface area contributed by atoms with Crippen LogP contribution in [0.25, 0.3) is 22.8 Å². The first-order valence-corrected chi connectivity index (χ1v) is 12.2. The third kappa shape index (κ3) is 4.56. The van der Waals surface area contributed by atoms with Crippen LogP contribution in [0.1, 0.15) is 49.1 Å². The third-order valence-electron chi connectivity index (χ3n) is 6.47. The number of aromatic nitrogens is 4. The highest BCUT2D eigenvalue weighted by Crippen LogP contribution is 2.33. The van der Waals surface area contributed by atoms with Gasteiger partial charge < -0.3 is 4.57 Å². The Morgan fingerprint density at radius 1 is 1.06 bits per heavy atom. The highest BCUT2D eigenvalue weighted by molar-refractivity contribution is 6.00. The number of ketones is 1. The van der Waals surface area contributed by atoms with Crippen LogP contribution in [-0.2, 0) is 36.0 Å². The number of imidazole rings is 1. The van der Waals surface area contributed by atoms with Crippen LogP contribution in [0.15, 0.2) is 60.9 Å². The molecule has 2 aromatic carbocycles. The molecule has 182 valence electrons. The van der Waals surface area contributed by atoms with E-state index >= 15 is 0 Å². The molecule has 2 aromatic heterocycles. The second-order valence-electron chi connectivity index (χ2n) is 9.68. The number of rotatable bonds is 7. The van der Waals surface area contributed by atoms with Gasteiger partial charge in [-0.15, -0.1) is 0 Å². The molecule has 4 aromatic rings. The average molecular weight is 480 g/mol. The van der Waals surface area contributed by atoms with Crippen molar-refractivity contribution in [2.75, 3.05) is 4.90 Å². The number of hydrogen-bond acceptors (Lipinski definition) is 5. The standard InChI is InChI=1S/C29H29N5O2/c1-18(2)24-7-5-6-8-25(24)27-30-15-22-14-26(36)34(29(22)32-27)16-20-9-11-21(12-10-20)28-31-23(13-19(3)35)17-33(28)4/h5-12,15,17-18H,13-14,16H2,1-4H3. The van der Waals surface area contributed by atoms with E-state index in [0.29, 0.717) is 36.9 Å². The minimum absolute atomic E-state index is 0.0237. The van der Waals surface area contributed by atoms with Crippen molar-refractivity contribution in [1.82, 2.24) is 19.5 Å². The number of fused-ring (bicyclic) bond motifs is 1. The van der Waals surface area contributed by atoms with Gasteiger partial charge in [-0.2, -0.15) is 0 Å². The van der Waals surface area contributed by atoms with Gasteiger partial charge in [-0.3, -0.25) is 14.5 Å². The summed E-state index contributed by atoms with van der Waals surface area (Å²) in [6.07, 6.45) is 4.31. The number of benzene rings is 2. The van der Waals surface area contributed by atoms with Gasteiger partial charge in [0.15, 0.2) is 5.82 Å². The molecule has 0 saturated heterocycles. The fourth-order valence-corrected chi connectivity index (χ4v) is 4.71. The van der Waals surface area contributed by atoms with Crippen molar-refractivity contribution in [2.24, 2.45) is 7.05 Å². The van der Waals surface area contributed by atoms with E-state index < -0.39 is 0 Å².